The maximum atomic E-state index is 10.8. The summed E-state index contributed by atoms with van der Waals surface area (Å²) in [6, 6.07) is 5.12. The predicted octanol–water partition coefficient (Wildman–Crippen LogP) is 3.87. The highest BCUT2D eigenvalue weighted by Crippen LogP contribution is 2.27. The van der Waals surface area contributed by atoms with Gasteiger partial charge in [-0.3, -0.25) is 0 Å². The summed E-state index contributed by atoms with van der Waals surface area (Å²) in [5.74, 6) is -0.937. The largest absolute Gasteiger partial charge is 0.478 e. The van der Waals surface area contributed by atoms with Crippen molar-refractivity contribution in [1.29, 1.82) is 0 Å². The number of hydrogen-bond acceptors (Lipinski definition) is 1. The minimum Gasteiger partial charge on any atom is -0.478 e. The second-order valence-corrected chi connectivity index (χ2v) is 3.76. The van der Waals surface area contributed by atoms with Crippen molar-refractivity contribution in [1.82, 2.24) is 0 Å². The molecule has 0 saturated carbocycles. The van der Waals surface area contributed by atoms with E-state index < -0.39 is 5.97 Å². The van der Waals surface area contributed by atoms with Crippen molar-refractivity contribution in [3.63, 3.8) is 0 Å². The van der Waals surface area contributed by atoms with Gasteiger partial charge < -0.3 is 5.11 Å². The first-order valence-corrected chi connectivity index (χ1v) is 5.19. The highest BCUT2D eigenvalue weighted by Gasteiger charge is 2.07. The Morgan fingerprint density at radius 2 is 2.13 bits per heavy atom. The molecule has 0 atom stereocenters. The zero-order valence-corrected chi connectivity index (χ0v) is 9.64. The van der Waals surface area contributed by atoms with Crippen molar-refractivity contribution < 1.29 is 9.90 Å². The van der Waals surface area contributed by atoms with E-state index in [2.05, 4.69) is 0 Å². The molecule has 0 aliphatic carbocycles. The second-order valence-electron chi connectivity index (χ2n) is 2.97. The van der Waals surface area contributed by atoms with Crippen LogP contribution in [0.4, 0.5) is 0 Å². The Bertz CT molecular complexity index is 411. The smallest absolute Gasteiger partial charge is 0.331 e. The van der Waals surface area contributed by atoms with Gasteiger partial charge in [-0.1, -0.05) is 42.3 Å². The summed E-state index contributed by atoms with van der Waals surface area (Å²) in [7, 11) is 0. The van der Waals surface area contributed by atoms with Gasteiger partial charge in [0.15, 0.2) is 0 Å². The number of hydrogen-bond donors (Lipinski definition) is 1. The third kappa shape index (κ3) is 2.98. The standard InChI is InChI=1S/C11H10Cl2O2/c1-2-7(11(14)15)6-8-4-3-5-9(12)10(8)13/h3-6H,2H2,1H3,(H,14,15). The van der Waals surface area contributed by atoms with E-state index in [1.807, 2.05) is 0 Å². The highest BCUT2D eigenvalue weighted by atomic mass is 35.5. The molecule has 80 valence electrons. The normalized spacial score (nSPS) is 11.5. The first kappa shape index (κ1) is 12.1. The van der Waals surface area contributed by atoms with E-state index >= 15 is 0 Å². The molecule has 0 saturated heterocycles. The maximum absolute atomic E-state index is 10.8. The SMILES string of the molecule is CCC(=Cc1cccc(Cl)c1Cl)C(=O)O. The lowest BCUT2D eigenvalue weighted by Gasteiger charge is -2.02. The third-order valence-corrected chi connectivity index (χ3v) is 2.80. The Morgan fingerprint density at radius 3 is 2.67 bits per heavy atom. The summed E-state index contributed by atoms with van der Waals surface area (Å²) >= 11 is 11.7. The summed E-state index contributed by atoms with van der Waals surface area (Å²) in [5, 5.41) is 9.65. The molecule has 0 aliphatic heterocycles. The Labute approximate surface area is 98.1 Å². The second kappa shape index (κ2) is 5.19. The van der Waals surface area contributed by atoms with E-state index in [0.29, 0.717) is 27.6 Å². The Balaban J connectivity index is 3.17. The molecule has 4 heteroatoms. The van der Waals surface area contributed by atoms with Gasteiger partial charge in [0, 0.05) is 5.57 Å². The van der Waals surface area contributed by atoms with Crippen LogP contribution in [-0.2, 0) is 4.79 Å². The van der Waals surface area contributed by atoms with Gasteiger partial charge in [0.05, 0.1) is 10.0 Å². The van der Waals surface area contributed by atoms with Gasteiger partial charge in [0.25, 0.3) is 0 Å². The molecule has 0 unspecified atom stereocenters. The van der Waals surface area contributed by atoms with E-state index in [1.54, 1.807) is 25.1 Å². The van der Waals surface area contributed by atoms with Crippen molar-refractivity contribution in [2.24, 2.45) is 0 Å². The van der Waals surface area contributed by atoms with Gasteiger partial charge in [-0.15, -0.1) is 0 Å². The molecule has 15 heavy (non-hydrogen) atoms. The van der Waals surface area contributed by atoms with Crippen LogP contribution < -0.4 is 0 Å². The van der Waals surface area contributed by atoms with Crippen LogP contribution in [0.3, 0.4) is 0 Å². The van der Waals surface area contributed by atoms with Gasteiger partial charge in [0.2, 0.25) is 0 Å². The zero-order valence-electron chi connectivity index (χ0n) is 8.13. The quantitative estimate of drug-likeness (QED) is 0.820. The number of carboxylic acids is 1. The first-order chi connectivity index (χ1) is 7.06. The van der Waals surface area contributed by atoms with Crippen molar-refractivity contribution in [2.75, 3.05) is 0 Å². The van der Waals surface area contributed by atoms with Crippen LogP contribution in [0, 0.1) is 0 Å². The van der Waals surface area contributed by atoms with Crippen molar-refractivity contribution in [3.05, 3.63) is 39.4 Å². The first-order valence-electron chi connectivity index (χ1n) is 4.44. The van der Waals surface area contributed by atoms with Gasteiger partial charge in [0.1, 0.15) is 0 Å². The molecular weight excluding hydrogens is 235 g/mol. The molecule has 0 fully saturated rings. The Morgan fingerprint density at radius 1 is 1.47 bits per heavy atom. The van der Waals surface area contributed by atoms with Crippen LogP contribution in [0.15, 0.2) is 23.8 Å². The highest BCUT2D eigenvalue weighted by molar-refractivity contribution is 6.42. The molecule has 0 spiro atoms. The summed E-state index contributed by atoms with van der Waals surface area (Å²) in [4.78, 5) is 10.8. The fraction of sp³-hybridized carbons (Fsp3) is 0.182. The number of benzene rings is 1. The molecule has 0 bridgehead atoms. The van der Waals surface area contributed by atoms with Crippen LogP contribution in [0.1, 0.15) is 18.9 Å². The lowest BCUT2D eigenvalue weighted by molar-refractivity contribution is -0.132. The number of aliphatic carboxylic acids is 1. The lowest BCUT2D eigenvalue weighted by Crippen LogP contribution is -1.98. The molecule has 1 rings (SSSR count). The van der Waals surface area contributed by atoms with Crippen molar-refractivity contribution in [3.8, 4) is 0 Å². The molecule has 0 radical (unpaired) electrons. The molecule has 0 aliphatic rings. The van der Waals surface area contributed by atoms with E-state index in [0.717, 1.165) is 0 Å². The van der Waals surface area contributed by atoms with Gasteiger partial charge >= 0.3 is 5.97 Å². The van der Waals surface area contributed by atoms with Crippen LogP contribution >= 0.6 is 23.2 Å². The van der Waals surface area contributed by atoms with Crippen molar-refractivity contribution >= 4 is 35.2 Å². The van der Waals surface area contributed by atoms with E-state index in [-0.39, 0.29) is 0 Å². The molecule has 1 aromatic rings. The number of carbonyl (C=O) groups is 1. The average Bonchev–Trinajstić information content (AvgIpc) is 2.19. The maximum Gasteiger partial charge on any atom is 0.331 e. The number of halogens is 2. The lowest BCUT2D eigenvalue weighted by atomic mass is 10.1. The molecule has 2 nitrogen and oxygen atoms in total. The molecular formula is C11H10Cl2O2. The van der Waals surface area contributed by atoms with E-state index in [9.17, 15) is 4.79 Å². The van der Waals surface area contributed by atoms with Crippen LogP contribution in [0.25, 0.3) is 6.08 Å². The minimum absolute atomic E-state index is 0.305. The molecule has 1 N–H and O–H groups in total. The molecule has 0 heterocycles. The number of carboxylic acid groups (broad SMARTS) is 1. The van der Waals surface area contributed by atoms with E-state index in [1.165, 1.54) is 6.08 Å². The van der Waals surface area contributed by atoms with Gasteiger partial charge in [-0.25, -0.2) is 4.79 Å². The zero-order chi connectivity index (χ0) is 11.4. The summed E-state index contributed by atoms with van der Waals surface area (Å²) in [6.07, 6.45) is 1.98. The summed E-state index contributed by atoms with van der Waals surface area (Å²) in [6.45, 7) is 1.78. The molecule has 0 amide bonds. The monoisotopic (exact) mass is 244 g/mol. The summed E-state index contributed by atoms with van der Waals surface area (Å²) in [5.41, 5.74) is 0.933. The Kier molecular flexibility index (Phi) is 4.18. The van der Waals surface area contributed by atoms with Crippen LogP contribution in [0.2, 0.25) is 10.0 Å². The van der Waals surface area contributed by atoms with Gasteiger partial charge in [-0.05, 0) is 24.1 Å². The number of rotatable bonds is 3. The fourth-order valence-electron chi connectivity index (χ4n) is 1.13. The van der Waals surface area contributed by atoms with Crippen LogP contribution in [0.5, 0.6) is 0 Å². The average molecular weight is 245 g/mol. The van der Waals surface area contributed by atoms with Gasteiger partial charge in [-0.2, -0.15) is 0 Å². The molecule has 0 aromatic heterocycles. The molecule has 1 aromatic carbocycles. The van der Waals surface area contributed by atoms with Crippen LogP contribution in [-0.4, -0.2) is 11.1 Å². The Hall–Kier alpha value is -0.990. The minimum atomic E-state index is -0.937. The predicted molar refractivity (Wildman–Crippen MR) is 62.4 cm³/mol. The fourth-order valence-corrected chi connectivity index (χ4v) is 1.50. The van der Waals surface area contributed by atoms with E-state index in [4.69, 9.17) is 28.3 Å². The topological polar surface area (TPSA) is 37.3 Å². The third-order valence-electron chi connectivity index (χ3n) is 1.97. The van der Waals surface area contributed by atoms with Crippen molar-refractivity contribution in [2.45, 2.75) is 13.3 Å². The summed E-state index contributed by atoms with van der Waals surface area (Å²) < 4.78 is 0.